The van der Waals surface area contributed by atoms with Crippen LogP contribution in [-0.4, -0.2) is 46.9 Å². The molecule has 6 nitrogen and oxygen atoms in total. The van der Waals surface area contributed by atoms with Gasteiger partial charge >= 0.3 is 5.97 Å². The number of hydrogen-bond donors (Lipinski definition) is 3. The summed E-state index contributed by atoms with van der Waals surface area (Å²) in [5.74, 6) is -0.573. The molecular weight excluding hydrogens is 707 g/mol. The minimum atomic E-state index is -0.798. The molecular formula is C51H91NO5. The fraction of sp³-hybridized carbons (Fsp3) is 0.765. The molecule has 0 aromatic heterocycles. The van der Waals surface area contributed by atoms with Crippen LogP contribution in [0.5, 0.6) is 0 Å². The predicted molar refractivity (Wildman–Crippen MR) is 245 cm³/mol. The lowest BCUT2D eigenvalue weighted by Crippen LogP contribution is -2.46. The molecule has 0 rings (SSSR count). The van der Waals surface area contributed by atoms with Crippen LogP contribution in [-0.2, 0) is 14.3 Å². The SMILES string of the molecule is CC/C=C/C/C=C/C/C=C/C/C=C/C/C=C/CCC(=O)OC(CCCCCCCCCCC)CC(=O)NC(CO)C(O)CCCCCCCCCCCCCCC. The molecule has 0 radical (unpaired) electrons. The Morgan fingerprint density at radius 2 is 0.912 bits per heavy atom. The maximum Gasteiger partial charge on any atom is 0.306 e. The zero-order valence-corrected chi connectivity index (χ0v) is 37.5. The fourth-order valence-corrected chi connectivity index (χ4v) is 7.01. The normalized spacial score (nSPS) is 13.8. The van der Waals surface area contributed by atoms with Crippen LogP contribution in [0.3, 0.4) is 0 Å². The average molecular weight is 798 g/mol. The van der Waals surface area contributed by atoms with Crippen molar-refractivity contribution >= 4 is 11.9 Å². The third kappa shape index (κ3) is 40.1. The Labute approximate surface area is 352 Å². The van der Waals surface area contributed by atoms with Crippen molar-refractivity contribution in [1.82, 2.24) is 5.32 Å². The molecule has 0 aromatic carbocycles. The summed E-state index contributed by atoms with van der Waals surface area (Å²) in [4.78, 5) is 26.0. The standard InChI is InChI=1S/C51H91NO5/c1-4-7-10-13-16-19-21-23-24-25-27-29-32-35-38-41-44-51(56)57-47(42-39-36-33-30-18-15-12-9-6-3)45-50(55)52-48(46-53)49(54)43-40-37-34-31-28-26-22-20-17-14-11-8-5-2/h7,10,16,19,23-24,27,29,35,38,47-49,53-54H,4-6,8-9,11-15,17-18,20-22,25-26,28,30-34,36-37,39-46H2,1-3H3,(H,52,55)/b10-7+,19-16+,24-23+,29-27+,38-35+. The predicted octanol–water partition coefficient (Wildman–Crippen LogP) is 14.1. The Morgan fingerprint density at radius 1 is 0.526 bits per heavy atom. The van der Waals surface area contributed by atoms with E-state index in [4.69, 9.17) is 4.74 Å². The average Bonchev–Trinajstić information content (AvgIpc) is 3.20. The molecule has 6 heteroatoms. The zero-order chi connectivity index (χ0) is 41.7. The third-order valence-electron chi connectivity index (χ3n) is 10.6. The highest BCUT2D eigenvalue weighted by atomic mass is 16.5. The first kappa shape index (κ1) is 54.6. The molecule has 0 aliphatic carbocycles. The highest BCUT2D eigenvalue weighted by Gasteiger charge is 2.24. The zero-order valence-electron chi connectivity index (χ0n) is 37.5. The number of carbonyl (C=O) groups excluding carboxylic acids is 2. The van der Waals surface area contributed by atoms with Crippen LogP contribution in [0.1, 0.15) is 226 Å². The van der Waals surface area contributed by atoms with E-state index in [1.165, 1.54) is 103 Å². The number of hydrogen-bond acceptors (Lipinski definition) is 5. The van der Waals surface area contributed by atoms with Gasteiger partial charge in [0.25, 0.3) is 0 Å². The van der Waals surface area contributed by atoms with Gasteiger partial charge in [0.1, 0.15) is 6.10 Å². The van der Waals surface area contributed by atoms with Gasteiger partial charge < -0.3 is 20.3 Å². The van der Waals surface area contributed by atoms with Crippen LogP contribution in [0, 0.1) is 0 Å². The summed E-state index contributed by atoms with van der Waals surface area (Å²) in [6.07, 6.45) is 54.3. The molecule has 3 atom stereocenters. The highest BCUT2D eigenvalue weighted by molar-refractivity contribution is 5.77. The number of unbranched alkanes of at least 4 members (excludes halogenated alkanes) is 20. The molecule has 3 N–H and O–H groups in total. The van der Waals surface area contributed by atoms with Crippen LogP contribution in [0.4, 0.5) is 0 Å². The van der Waals surface area contributed by atoms with Gasteiger partial charge in [-0.15, -0.1) is 0 Å². The van der Waals surface area contributed by atoms with Crippen molar-refractivity contribution in [3.05, 3.63) is 60.8 Å². The third-order valence-corrected chi connectivity index (χ3v) is 10.6. The Balaban J connectivity index is 4.61. The summed E-state index contributed by atoms with van der Waals surface area (Å²) in [6, 6.07) is -0.714. The molecule has 0 aromatic rings. The molecule has 330 valence electrons. The monoisotopic (exact) mass is 798 g/mol. The molecule has 3 unspecified atom stereocenters. The first-order chi connectivity index (χ1) is 28.0. The van der Waals surface area contributed by atoms with E-state index in [0.717, 1.165) is 70.6 Å². The number of aliphatic hydroxyl groups is 2. The second-order valence-corrected chi connectivity index (χ2v) is 16.1. The Bertz CT molecular complexity index is 1030. The molecule has 0 heterocycles. The number of rotatable bonds is 42. The smallest absolute Gasteiger partial charge is 0.306 e. The molecule has 57 heavy (non-hydrogen) atoms. The largest absolute Gasteiger partial charge is 0.462 e. The first-order valence-electron chi connectivity index (χ1n) is 24.0. The molecule has 0 fully saturated rings. The summed E-state index contributed by atoms with van der Waals surface area (Å²) in [5.41, 5.74) is 0. The van der Waals surface area contributed by atoms with Crippen LogP contribution in [0.2, 0.25) is 0 Å². The number of aliphatic hydroxyl groups excluding tert-OH is 2. The van der Waals surface area contributed by atoms with Crippen molar-refractivity contribution in [1.29, 1.82) is 0 Å². The quantitative estimate of drug-likeness (QED) is 0.0325. The van der Waals surface area contributed by atoms with Crippen molar-refractivity contribution in [2.45, 2.75) is 244 Å². The fourth-order valence-electron chi connectivity index (χ4n) is 7.01. The van der Waals surface area contributed by atoms with E-state index in [-0.39, 0.29) is 31.3 Å². The van der Waals surface area contributed by atoms with E-state index >= 15 is 0 Å². The van der Waals surface area contributed by atoms with Crippen molar-refractivity contribution < 1.29 is 24.5 Å². The summed E-state index contributed by atoms with van der Waals surface area (Å²) >= 11 is 0. The summed E-state index contributed by atoms with van der Waals surface area (Å²) < 4.78 is 5.86. The molecule has 0 aliphatic rings. The minimum absolute atomic E-state index is 0.0480. The van der Waals surface area contributed by atoms with Gasteiger partial charge in [-0.25, -0.2) is 0 Å². The van der Waals surface area contributed by atoms with Crippen LogP contribution >= 0.6 is 0 Å². The molecule has 0 saturated carbocycles. The Morgan fingerprint density at radius 3 is 1.33 bits per heavy atom. The molecule has 1 amide bonds. The van der Waals surface area contributed by atoms with E-state index in [1.807, 2.05) is 6.08 Å². The van der Waals surface area contributed by atoms with Gasteiger partial charge in [-0.3, -0.25) is 9.59 Å². The number of ether oxygens (including phenoxy) is 1. The minimum Gasteiger partial charge on any atom is -0.462 e. The highest BCUT2D eigenvalue weighted by Crippen LogP contribution is 2.17. The summed E-state index contributed by atoms with van der Waals surface area (Å²) in [6.45, 7) is 6.33. The van der Waals surface area contributed by atoms with Crippen molar-refractivity contribution in [2.24, 2.45) is 0 Å². The number of allylic oxidation sites excluding steroid dienone is 10. The van der Waals surface area contributed by atoms with Gasteiger partial charge in [-0.1, -0.05) is 216 Å². The topological polar surface area (TPSA) is 95.9 Å². The van der Waals surface area contributed by atoms with Gasteiger partial charge in [0.05, 0.1) is 25.2 Å². The van der Waals surface area contributed by atoms with Gasteiger partial charge in [0.15, 0.2) is 0 Å². The van der Waals surface area contributed by atoms with Crippen molar-refractivity contribution in [3.63, 3.8) is 0 Å². The van der Waals surface area contributed by atoms with Gasteiger partial charge in [0.2, 0.25) is 5.91 Å². The molecule has 0 saturated heterocycles. The lowest BCUT2D eigenvalue weighted by molar-refractivity contribution is -0.150. The molecule has 0 bridgehead atoms. The molecule has 0 spiro atoms. The Hall–Kier alpha value is -2.44. The summed E-state index contributed by atoms with van der Waals surface area (Å²) in [7, 11) is 0. The second kappa shape index (κ2) is 44.7. The maximum absolute atomic E-state index is 13.1. The van der Waals surface area contributed by atoms with Crippen molar-refractivity contribution in [3.8, 4) is 0 Å². The lowest BCUT2D eigenvalue weighted by Gasteiger charge is -2.24. The summed E-state index contributed by atoms with van der Waals surface area (Å²) in [5, 5.41) is 23.7. The van der Waals surface area contributed by atoms with Gasteiger partial charge in [-0.05, 0) is 57.8 Å². The lowest BCUT2D eigenvalue weighted by atomic mass is 10.0. The Kier molecular flexibility index (Phi) is 42.7. The molecule has 0 aliphatic heterocycles. The number of nitrogens with one attached hydrogen (secondary N) is 1. The second-order valence-electron chi connectivity index (χ2n) is 16.1. The number of carbonyl (C=O) groups is 2. The van der Waals surface area contributed by atoms with Crippen LogP contribution < -0.4 is 5.32 Å². The number of amides is 1. The van der Waals surface area contributed by atoms with Gasteiger partial charge in [0, 0.05) is 6.42 Å². The first-order valence-corrected chi connectivity index (χ1v) is 24.0. The van der Waals surface area contributed by atoms with Gasteiger partial charge in [-0.2, -0.15) is 0 Å². The van der Waals surface area contributed by atoms with Crippen molar-refractivity contribution in [2.75, 3.05) is 6.61 Å². The van der Waals surface area contributed by atoms with E-state index in [2.05, 4.69) is 80.8 Å². The van der Waals surface area contributed by atoms with E-state index in [0.29, 0.717) is 19.3 Å². The maximum atomic E-state index is 13.1. The van der Waals surface area contributed by atoms with E-state index in [1.54, 1.807) is 0 Å². The van der Waals surface area contributed by atoms with E-state index < -0.39 is 18.2 Å². The van der Waals surface area contributed by atoms with Crippen LogP contribution in [0.25, 0.3) is 0 Å². The number of esters is 1. The van der Waals surface area contributed by atoms with E-state index in [9.17, 15) is 19.8 Å². The van der Waals surface area contributed by atoms with Crippen LogP contribution in [0.15, 0.2) is 60.8 Å².